The Labute approximate surface area is 142 Å². The molecule has 0 heterocycles. The summed E-state index contributed by atoms with van der Waals surface area (Å²) in [6, 6.07) is 13.7. The van der Waals surface area contributed by atoms with Crippen LogP contribution in [0.2, 0.25) is 5.02 Å². The number of nitriles is 1. The van der Waals surface area contributed by atoms with Crippen LogP contribution in [0.1, 0.15) is 29.2 Å². The van der Waals surface area contributed by atoms with E-state index in [0.29, 0.717) is 10.6 Å². The molecule has 3 nitrogen and oxygen atoms in total. The van der Waals surface area contributed by atoms with Crippen LogP contribution in [0.3, 0.4) is 0 Å². The fourth-order valence-electron chi connectivity index (χ4n) is 2.25. The molecule has 0 fully saturated rings. The Hall–Kier alpha value is -2.31. The number of halogens is 1. The van der Waals surface area contributed by atoms with Crippen LogP contribution in [0.25, 0.3) is 0 Å². The normalized spacial score (nSPS) is 10.7. The van der Waals surface area contributed by atoms with Crippen molar-refractivity contribution in [3.63, 3.8) is 0 Å². The van der Waals surface area contributed by atoms with Gasteiger partial charge >= 0.3 is 0 Å². The van der Waals surface area contributed by atoms with Crippen molar-refractivity contribution < 1.29 is 0 Å². The monoisotopic (exact) mass is 325 g/mol. The van der Waals surface area contributed by atoms with Crippen molar-refractivity contribution in [3.05, 3.63) is 63.7 Å². The number of aliphatic imine (C=N–C) groups is 1. The summed E-state index contributed by atoms with van der Waals surface area (Å²) < 4.78 is 0. The number of rotatable bonds is 5. The first-order chi connectivity index (χ1) is 11.0. The Bertz CT molecular complexity index is 760. The summed E-state index contributed by atoms with van der Waals surface area (Å²) >= 11 is 6.26. The maximum Gasteiger partial charge on any atom is 0.0991 e. The largest absolute Gasteiger partial charge is 0.366 e. The topological polar surface area (TPSA) is 39.4 Å². The Morgan fingerprint density at radius 3 is 2.78 bits per heavy atom. The van der Waals surface area contributed by atoms with Crippen molar-refractivity contribution in [2.24, 2.45) is 4.99 Å². The average Bonchev–Trinajstić information content (AvgIpc) is 2.56. The van der Waals surface area contributed by atoms with Gasteiger partial charge in [-0.1, -0.05) is 23.7 Å². The molecule has 2 rings (SSSR count). The number of hydrogen-bond acceptors (Lipinski definition) is 2. The number of nitrogens with zero attached hydrogens (tertiary/aromatic N) is 3. The highest BCUT2D eigenvalue weighted by Gasteiger charge is 2.07. The summed E-state index contributed by atoms with van der Waals surface area (Å²) in [6.07, 6.45) is 2.55. The van der Waals surface area contributed by atoms with E-state index >= 15 is 0 Å². The third-order valence-corrected chi connectivity index (χ3v) is 4.01. The molecule has 4 heteroatoms. The standard InChI is InChI=1S/C19H20ClN3/c1-4-23(3)13-22-19-11-18(20)10-17(14(19)2)9-15-6-5-7-16(8-15)12-21/h5-8,10-11,13H,4,9H2,1-3H3. The van der Waals surface area contributed by atoms with Crippen LogP contribution in [0.15, 0.2) is 41.4 Å². The molecule has 2 aromatic rings. The summed E-state index contributed by atoms with van der Waals surface area (Å²) in [6.45, 7) is 5.03. The van der Waals surface area contributed by atoms with Gasteiger partial charge < -0.3 is 4.90 Å². The molecule has 0 radical (unpaired) electrons. The Balaban J connectivity index is 2.34. The lowest BCUT2D eigenvalue weighted by atomic mass is 9.98. The molecule has 0 bridgehead atoms. The van der Waals surface area contributed by atoms with E-state index in [9.17, 15) is 0 Å². The molecule has 2 aromatic carbocycles. The molecular weight excluding hydrogens is 306 g/mol. The van der Waals surface area contributed by atoms with Crippen LogP contribution >= 0.6 is 11.6 Å². The first-order valence-corrected chi connectivity index (χ1v) is 7.93. The van der Waals surface area contributed by atoms with Crippen molar-refractivity contribution in [1.82, 2.24) is 4.90 Å². The van der Waals surface area contributed by atoms with Crippen molar-refractivity contribution in [2.45, 2.75) is 20.3 Å². The number of hydrogen-bond donors (Lipinski definition) is 0. The minimum atomic E-state index is 0.671. The lowest BCUT2D eigenvalue weighted by Crippen LogP contribution is -2.14. The molecule has 0 aromatic heterocycles. The molecule has 0 aliphatic heterocycles. The van der Waals surface area contributed by atoms with E-state index in [2.05, 4.69) is 24.9 Å². The molecule has 0 amide bonds. The lowest BCUT2D eigenvalue weighted by Gasteiger charge is -2.12. The highest BCUT2D eigenvalue weighted by atomic mass is 35.5. The number of benzene rings is 2. The maximum absolute atomic E-state index is 9.02. The predicted octanol–water partition coefficient (Wildman–Crippen LogP) is 4.72. The molecule has 0 saturated carbocycles. The van der Waals surface area contributed by atoms with Gasteiger partial charge in [-0.2, -0.15) is 5.26 Å². The lowest BCUT2D eigenvalue weighted by molar-refractivity contribution is 0.552. The van der Waals surface area contributed by atoms with Gasteiger partial charge in [-0.3, -0.25) is 0 Å². The highest BCUT2D eigenvalue weighted by Crippen LogP contribution is 2.28. The second-order valence-electron chi connectivity index (χ2n) is 5.52. The van der Waals surface area contributed by atoms with E-state index in [4.69, 9.17) is 16.9 Å². The zero-order valence-corrected chi connectivity index (χ0v) is 14.4. The third kappa shape index (κ3) is 4.58. The van der Waals surface area contributed by atoms with Crippen LogP contribution < -0.4 is 0 Å². The third-order valence-electron chi connectivity index (χ3n) is 3.80. The second kappa shape index (κ2) is 7.80. The molecule has 0 aliphatic carbocycles. The van der Waals surface area contributed by atoms with Crippen molar-refractivity contribution >= 4 is 23.6 Å². The first-order valence-electron chi connectivity index (χ1n) is 7.56. The summed E-state index contributed by atoms with van der Waals surface area (Å²) in [5.74, 6) is 0. The fraction of sp³-hybridized carbons (Fsp3) is 0.263. The molecule has 23 heavy (non-hydrogen) atoms. The van der Waals surface area contributed by atoms with Crippen molar-refractivity contribution in [3.8, 4) is 6.07 Å². The molecule has 118 valence electrons. The second-order valence-corrected chi connectivity index (χ2v) is 5.95. The molecule has 0 unspecified atom stereocenters. The zero-order valence-electron chi connectivity index (χ0n) is 13.7. The highest BCUT2D eigenvalue weighted by molar-refractivity contribution is 6.31. The van der Waals surface area contributed by atoms with Gasteiger partial charge in [-0.25, -0.2) is 4.99 Å². The van der Waals surface area contributed by atoms with E-state index < -0.39 is 0 Å². The summed E-state index contributed by atoms with van der Waals surface area (Å²) in [7, 11) is 1.98. The van der Waals surface area contributed by atoms with Gasteiger partial charge in [0.1, 0.15) is 0 Å². The zero-order chi connectivity index (χ0) is 16.8. The SMILES string of the molecule is CCN(C)C=Nc1cc(Cl)cc(Cc2cccc(C#N)c2)c1C. The minimum absolute atomic E-state index is 0.671. The summed E-state index contributed by atoms with van der Waals surface area (Å²) in [5.41, 5.74) is 4.88. The van der Waals surface area contributed by atoms with Crippen molar-refractivity contribution in [1.29, 1.82) is 5.26 Å². The first kappa shape index (κ1) is 17.1. The molecule has 0 saturated heterocycles. The Kier molecular flexibility index (Phi) is 5.78. The van der Waals surface area contributed by atoms with E-state index in [0.717, 1.165) is 35.3 Å². The van der Waals surface area contributed by atoms with Gasteiger partial charge in [0.05, 0.1) is 23.7 Å². The van der Waals surface area contributed by atoms with E-state index in [1.165, 1.54) is 0 Å². The molecule has 0 aliphatic rings. The minimum Gasteiger partial charge on any atom is -0.366 e. The van der Waals surface area contributed by atoms with Gasteiger partial charge in [-0.15, -0.1) is 0 Å². The fourth-order valence-corrected chi connectivity index (χ4v) is 2.49. The van der Waals surface area contributed by atoms with Crippen molar-refractivity contribution in [2.75, 3.05) is 13.6 Å². The van der Waals surface area contributed by atoms with Gasteiger partial charge in [0, 0.05) is 18.6 Å². The van der Waals surface area contributed by atoms with E-state index in [1.807, 2.05) is 54.7 Å². The summed E-state index contributed by atoms with van der Waals surface area (Å²) in [4.78, 5) is 6.55. The quantitative estimate of drug-likeness (QED) is 0.589. The van der Waals surface area contributed by atoms with Gasteiger partial charge in [-0.05, 0) is 61.2 Å². The van der Waals surface area contributed by atoms with Crippen LogP contribution in [0.4, 0.5) is 5.69 Å². The van der Waals surface area contributed by atoms with Crippen LogP contribution in [0.5, 0.6) is 0 Å². The molecule has 0 spiro atoms. The van der Waals surface area contributed by atoms with Gasteiger partial charge in [0.15, 0.2) is 0 Å². The van der Waals surface area contributed by atoms with Gasteiger partial charge in [0.25, 0.3) is 0 Å². The Morgan fingerprint density at radius 1 is 1.30 bits per heavy atom. The Morgan fingerprint density at radius 2 is 2.09 bits per heavy atom. The smallest absolute Gasteiger partial charge is 0.0991 e. The van der Waals surface area contributed by atoms with Crippen LogP contribution in [-0.2, 0) is 6.42 Å². The average molecular weight is 326 g/mol. The van der Waals surface area contributed by atoms with E-state index in [-0.39, 0.29) is 0 Å². The van der Waals surface area contributed by atoms with Gasteiger partial charge in [0.2, 0.25) is 0 Å². The molecule has 0 N–H and O–H groups in total. The summed E-state index contributed by atoms with van der Waals surface area (Å²) in [5, 5.41) is 9.70. The van der Waals surface area contributed by atoms with E-state index in [1.54, 1.807) is 0 Å². The molecular formula is C19H20ClN3. The van der Waals surface area contributed by atoms with Crippen LogP contribution in [-0.4, -0.2) is 24.8 Å². The molecule has 0 atom stereocenters. The van der Waals surface area contributed by atoms with Crippen LogP contribution in [0, 0.1) is 18.3 Å². The predicted molar refractivity (Wildman–Crippen MR) is 96.6 cm³/mol. The maximum atomic E-state index is 9.02.